The van der Waals surface area contributed by atoms with E-state index in [1.165, 1.54) is 35.9 Å². The smallest absolute Gasteiger partial charge is 0.357 e. The molecule has 0 saturated heterocycles. The van der Waals surface area contributed by atoms with Gasteiger partial charge in [0.15, 0.2) is 11.5 Å². The first kappa shape index (κ1) is 14.4. The van der Waals surface area contributed by atoms with Crippen LogP contribution in [0.3, 0.4) is 0 Å². The molecule has 0 spiro atoms. The highest BCUT2D eigenvalue weighted by Gasteiger charge is 2.23. The van der Waals surface area contributed by atoms with Crippen LogP contribution in [0, 0.1) is 17.0 Å². The second kappa shape index (κ2) is 5.16. The van der Waals surface area contributed by atoms with E-state index in [0.29, 0.717) is 11.4 Å². The summed E-state index contributed by atoms with van der Waals surface area (Å²) >= 11 is 0. The topological polar surface area (TPSA) is 115 Å². The lowest BCUT2D eigenvalue weighted by Gasteiger charge is -2.04. The molecule has 0 amide bonds. The van der Waals surface area contributed by atoms with Crippen molar-refractivity contribution in [2.24, 2.45) is 0 Å². The van der Waals surface area contributed by atoms with E-state index in [0.717, 1.165) is 0 Å². The number of aromatic carboxylic acids is 1. The summed E-state index contributed by atoms with van der Waals surface area (Å²) < 4.78 is 1.28. The van der Waals surface area contributed by atoms with Gasteiger partial charge in [0.2, 0.25) is 0 Å². The third kappa shape index (κ3) is 2.50. The maximum absolute atomic E-state index is 11.6. The molecular formula is C13H11N3O5. The summed E-state index contributed by atoms with van der Waals surface area (Å²) in [7, 11) is 0. The molecule has 0 saturated carbocycles. The Labute approximate surface area is 118 Å². The van der Waals surface area contributed by atoms with Gasteiger partial charge in [-0.25, -0.2) is 9.48 Å². The number of benzene rings is 1. The quantitative estimate of drug-likeness (QED) is 0.522. The van der Waals surface area contributed by atoms with Crippen LogP contribution in [0.25, 0.3) is 5.69 Å². The van der Waals surface area contributed by atoms with Crippen LogP contribution in [0.15, 0.2) is 24.3 Å². The number of ketones is 1. The molecule has 0 fully saturated rings. The molecule has 0 aliphatic heterocycles. The Morgan fingerprint density at radius 2 is 1.86 bits per heavy atom. The third-order valence-corrected chi connectivity index (χ3v) is 2.98. The number of nitrogens with zero attached hydrogens (tertiary/aromatic N) is 3. The molecule has 0 atom stereocenters. The first-order valence-corrected chi connectivity index (χ1v) is 5.91. The highest BCUT2D eigenvalue weighted by atomic mass is 16.6. The molecule has 1 aromatic carbocycles. The predicted octanol–water partition coefficient (Wildman–Crippen LogP) is 1.99. The molecule has 8 nitrogen and oxygen atoms in total. The number of carbonyl (C=O) groups is 2. The molecule has 0 radical (unpaired) electrons. The van der Waals surface area contributed by atoms with Gasteiger partial charge in [-0.3, -0.25) is 14.9 Å². The average molecular weight is 289 g/mol. The number of rotatable bonds is 4. The zero-order chi connectivity index (χ0) is 15.7. The Kier molecular flexibility index (Phi) is 3.53. The highest BCUT2D eigenvalue weighted by molar-refractivity contribution is 6.04. The second-order valence-electron chi connectivity index (χ2n) is 4.36. The van der Waals surface area contributed by atoms with Gasteiger partial charge < -0.3 is 5.11 Å². The molecule has 21 heavy (non-hydrogen) atoms. The number of nitro benzene ring substituents is 1. The van der Waals surface area contributed by atoms with Crippen molar-refractivity contribution in [3.8, 4) is 5.69 Å². The average Bonchev–Trinajstić information content (AvgIpc) is 2.76. The zero-order valence-corrected chi connectivity index (χ0v) is 11.2. The minimum absolute atomic E-state index is 0.0286. The molecule has 1 aromatic heterocycles. The summed E-state index contributed by atoms with van der Waals surface area (Å²) in [5.74, 6) is -1.71. The molecule has 108 valence electrons. The van der Waals surface area contributed by atoms with Crippen molar-refractivity contribution in [1.29, 1.82) is 0 Å². The fourth-order valence-corrected chi connectivity index (χ4v) is 2.04. The normalized spacial score (nSPS) is 10.4. The fourth-order valence-electron chi connectivity index (χ4n) is 2.04. The predicted molar refractivity (Wildman–Crippen MR) is 71.9 cm³/mol. The first-order valence-electron chi connectivity index (χ1n) is 5.91. The Balaban J connectivity index is 2.59. The molecule has 1 heterocycles. The Bertz CT molecular complexity index is 746. The molecule has 8 heteroatoms. The van der Waals surface area contributed by atoms with E-state index in [9.17, 15) is 19.7 Å². The van der Waals surface area contributed by atoms with Crippen molar-refractivity contribution in [2.45, 2.75) is 13.8 Å². The van der Waals surface area contributed by atoms with Crippen molar-refractivity contribution < 1.29 is 19.6 Å². The Morgan fingerprint density at radius 3 is 2.24 bits per heavy atom. The van der Waals surface area contributed by atoms with Crippen molar-refractivity contribution in [1.82, 2.24) is 9.78 Å². The van der Waals surface area contributed by atoms with E-state index >= 15 is 0 Å². The first-order chi connectivity index (χ1) is 9.82. The van der Waals surface area contributed by atoms with Crippen molar-refractivity contribution >= 4 is 17.4 Å². The van der Waals surface area contributed by atoms with Crippen LogP contribution >= 0.6 is 0 Å². The molecule has 0 aliphatic rings. The monoisotopic (exact) mass is 289 g/mol. The number of hydrogen-bond acceptors (Lipinski definition) is 5. The summed E-state index contributed by atoms with van der Waals surface area (Å²) in [6, 6.07) is 5.44. The SMILES string of the molecule is CC(=O)c1c(C(=O)O)nn(-c2ccc([N+](=O)[O-])cc2)c1C. The largest absolute Gasteiger partial charge is 0.476 e. The van der Waals surface area contributed by atoms with E-state index in [1.807, 2.05) is 0 Å². The summed E-state index contributed by atoms with van der Waals surface area (Å²) in [6.45, 7) is 2.83. The van der Waals surface area contributed by atoms with Gasteiger partial charge in [-0.2, -0.15) is 5.10 Å². The zero-order valence-electron chi connectivity index (χ0n) is 11.2. The van der Waals surface area contributed by atoms with E-state index in [-0.39, 0.29) is 16.9 Å². The summed E-state index contributed by atoms with van der Waals surface area (Å²) in [5, 5.41) is 23.6. The Morgan fingerprint density at radius 1 is 1.29 bits per heavy atom. The van der Waals surface area contributed by atoms with E-state index < -0.39 is 16.7 Å². The molecule has 1 N–H and O–H groups in total. The number of nitro groups is 1. The lowest BCUT2D eigenvalue weighted by atomic mass is 10.1. The Hall–Kier alpha value is -3.03. The van der Waals surface area contributed by atoms with Gasteiger partial charge in [0.25, 0.3) is 5.69 Å². The van der Waals surface area contributed by atoms with Gasteiger partial charge in [0, 0.05) is 12.1 Å². The van der Waals surface area contributed by atoms with Crippen LogP contribution < -0.4 is 0 Å². The lowest BCUT2D eigenvalue weighted by molar-refractivity contribution is -0.384. The molecule has 0 aliphatic carbocycles. The van der Waals surface area contributed by atoms with Gasteiger partial charge in [0.05, 0.1) is 21.9 Å². The fraction of sp³-hybridized carbons (Fsp3) is 0.154. The number of non-ortho nitro benzene ring substituents is 1. The molecular weight excluding hydrogens is 278 g/mol. The molecule has 0 unspecified atom stereocenters. The summed E-state index contributed by atoms with van der Waals surface area (Å²) in [4.78, 5) is 32.8. The number of Topliss-reactive ketones (excluding diaryl/α,β-unsaturated/α-hetero) is 1. The van der Waals surface area contributed by atoms with E-state index in [4.69, 9.17) is 5.11 Å². The van der Waals surface area contributed by atoms with E-state index in [1.54, 1.807) is 6.92 Å². The molecule has 2 aromatic rings. The summed E-state index contributed by atoms with van der Waals surface area (Å²) in [6.07, 6.45) is 0. The minimum atomic E-state index is -1.30. The molecule has 0 bridgehead atoms. The van der Waals surface area contributed by atoms with Crippen molar-refractivity contribution in [3.05, 3.63) is 51.3 Å². The van der Waals surface area contributed by atoms with Crippen molar-refractivity contribution in [2.75, 3.05) is 0 Å². The van der Waals surface area contributed by atoms with Gasteiger partial charge in [-0.05, 0) is 26.0 Å². The van der Waals surface area contributed by atoms with Gasteiger partial charge >= 0.3 is 5.97 Å². The second-order valence-corrected chi connectivity index (χ2v) is 4.36. The van der Waals surface area contributed by atoms with Crippen LogP contribution in [-0.2, 0) is 0 Å². The number of aromatic nitrogens is 2. The van der Waals surface area contributed by atoms with Gasteiger partial charge in [0.1, 0.15) is 0 Å². The third-order valence-electron chi connectivity index (χ3n) is 2.98. The number of hydrogen-bond donors (Lipinski definition) is 1. The van der Waals surface area contributed by atoms with Crippen LogP contribution in [0.4, 0.5) is 5.69 Å². The van der Waals surface area contributed by atoms with E-state index in [2.05, 4.69) is 5.10 Å². The highest BCUT2D eigenvalue weighted by Crippen LogP contribution is 2.21. The van der Waals surface area contributed by atoms with Crippen LogP contribution in [0.2, 0.25) is 0 Å². The molecule has 2 rings (SSSR count). The lowest BCUT2D eigenvalue weighted by Crippen LogP contribution is -2.05. The maximum Gasteiger partial charge on any atom is 0.357 e. The number of carboxylic acid groups (broad SMARTS) is 1. The summed E-state index contributed by atoms with van der Waals surface area (Å²) in [5.41, 5.74) is 0.412. The van der Waals surface area contributed by atoms with Crippen LogP contribution in [0.1, 0.15) is 33.5 Å². The number of carboxylic acids is 1. The standard InChI is InChI=1S/C13H11N3O5/c1-7-11(8(2)17)12(13(18)19)14-15(7)9-3-5-10(6-4-9)16(20)21/h3-6H,1-2H3,(H,18,19). The van der Waals surface area contributed by atoms with Crippen LogP contribution in [-0.4, -0.2) is 31.6 Å². The minimum Gasteiger partial charge on any atom is -0.476 e. The van der Waals surface area contributed by atoms with Crippen molar-refractivity contribution in [3.63, 3.8) is 0 Å². The maximum atomic E-state index is 11.6. The van der Waals surface area contributed by atoms with Crippen LogP contribution in [0.5, 0.6) is 0 Å². The van der Waals surface area contributed by atoms with Gasteiger partial charge in [-0.1, -0.05) is 0 Å². The number of carbonyl (C=O) groups excluding carboxylic acids is 1. The van der Waals surface area contributed by atoms with Gasteiger partial charge in [-0.15, -0.1) is 0 Å².